The Morgan fingerprint density at radius 1 is 1.61 bits per heavy atom. The second-order valence-corrected chi connectivity index (χ2v) is 5.52. The normalized spacial score (nSPS) is 17.7. The predicted molar refractivity (Wildman–Crippen MR) is 72.2 cm³/mol. The van der Waals surface area contributed by atoms with Gasteiger partial charge in [-0.25, -0.2) is 9.78 Å². The number of likely N-dealkylation sites (tertiary alicyclic amines) is 1. The van der Waals surface area contributed by atoms with Crippen LogP contribution in [0, 0.1) is 0 Å². The first-order chi connectivity index (χ1) is 8.70. The molecule has 1 aromatic rings. The van der Waals surface area contributed by atoms with E-state index in [-0.39, 0.29) is 5.97 Å². The van der Waals surface area contributed by atoms with E-state index >= 15 is 0 Å². The molecule has 0 saturated carbocycles. The predicted octanol–water partition coefficient (Wildman–Crippen LogP) is 1.83. The fraction of sp³-hybridized carbons (Fsp3) is 0.667. The Morgan fingerprint density at radius 2 is 2.33 bits per heavy atom. The molecule has 1 atom stereocenters. The highest BCUT2D eigenvalue weighted by molar-refractivity contribution is 7.17. The van der Waals surface area contributed by atoms with Crippen molar-refractivity contribution in [1.82, 2.24) is 9.88 Å². The van der Waals surface area contributed by atoms with Crippen LogP contribution >= 0.6 is 11.3 Å². The summed E-state index contributed by atoms with van der Waals surface area (Å²) in [4.78, 5) is 18.5. The summed E-state index contributed by atoms with van der Waals surface area (Å²) in [5, 5.41) is 4.06. The van der Waals surface area contributed by atoms with Gasteiger partial charge in [-0.05, 0) is 32.9 Å². The van der Waals surface area contributed by atoms with E-state index in [2.05, 4.69) is 26.9 Å². The zero-order valence-corrected chi connectivity index (χ0v) is 11.6. The number of thiazole rings is 1. The van der Waals surface area contributed by atoms with Gasteiger partial charge in [-0.3, -0.25) is 4.90 Å². The van der Waals surface area contributed by atoms with Crippen LogP contribution in [0.15, 0.2) is 6.20 Å². The molecule has 0 amide bonds. The van der Waals surface area contributed by atoms with Crippen molar-refractivity contribution in [3.63, 3.8) is 0 Å². The van der Waals surface area contributed by atoms with Gasteiger partial charge in [0.15, 0.2) is 5.13 Å². The van der Waals surface area contributed by atoms with Gasteiger partial charge < -0.3 is 10.1 Å². The molecule has 0 aliphatic carbocycles. The highest BCUT2D eigenvalue weighted by atomic mass is 32.1. The first kappa shape index (κ1) is 13.3. The van der Waals surface area contributed by atoms with Gasteiger partial charge in [-0.2, -0.15) is 0 Å². The summed E-state index contributed by atoms with van der Waals surface area (Å²) in [6, 6.07) is 0.498. The molecule has 1 saturated heterocycles. The Labute approximate surface area is 111 Å². The molecule has 0 radical (unpaired) electrons. The van der Waals surface area contributed by atoms with Gasteiger partial charge in [0.2, 0.25) is 0 Å². The van der Waals surface area contributed by atoms with Crippen LogP contribution in [0.3, 0.4) is 0 Å². The minimum Gasteiger partial charge on any atom is -0.465 e. The van der Waals surface area contributed by atoms with Crippen LogP contribution in [0.4, 0.5) is 5.13 Å². The van der Waals surface area contributed by atoms with Crippen LogP contribution in [-0.2, 0) is 4.74 Å². The number of anilines is 1. The number of hydrogen-bond donors (Lipinski definition) is 1. The van der Waals surface area contributed by atoms with Crippen LogP contribution < -0.4 is 5.32 Å². The van der Waals surface area contributed by atoms with Crippen molar-refractivity contribution in [2.45, 2.75) is 25.8 Å². The number of carbonyl (C=O) groups is 1. The van der Waals surface area contributed by atoms with E-state index in [1.54, 1.807) is 6.20 Å². The molecule has 0 spiro atoms. The number of carbonyl (C=O) groups excluding carboxylic acids is 1. The molecule has 100 valence electrons. The van der Waals surface area contributed by atoms with Crippen LogP contribution in [0.5, 0.6) is 0 Å². The molecular weight excluding hydrogens is 250 g/mol. The van der Waals surface area contributed by atoms with E-state index in [1.807, 2.05) is 0 Å². The van der Waals surface area contributed by atoms with Crippen LogP contribution in [0.1, 0.15) is 29.4 Å². The van der Waals surface area contributed by atoms with Gasteiger partial charge in [0.25, 0.3) is 0 Å². The van der Waals surface area contributed by atoms with E-state index in [0.717, 1.165) is 11.7 Å². The number of ether oxygens (including phenoxy) is 1. The lowest BCUT2D eigenvalue weighted by molar-refractivity contribution is 0.0606. The summed E-state index contributed by atoms with van der Waals surface area (Å²) >= 11 is 1.33. The first-order valence-electron chi connectivity index (χ1n) is 6.23. The van der Waals surface area contributed by atoms with Crippen LogP contribution in [-0.4, -0.2) is 48.6 Å². The maximum atomic E-state index is 11.3. The third-order valence-electron chi connectivity index (χ3n) is 3.20. The summed E-state index contributed by atoms with van der Waals surface area (Å²) in [7, 11) is 1.38. The largest absolute Gasteiger partial charge is 0.465 e. The number of methoxy groups -OCH3 is 1. The summed E-state index contributed by atoms with van der Waals surface area (Å²) in [5.41, 5.74) is 0. The van der Waals surface area contributed by atoms with Crippen molar-refractivity contribution < 1.29 is 9.53 Å². The van der Waals surface area contributed by atoms with Crippen molar-refractivity contribution in [1.29, 1.82) is 0 Å². The van der Waals surface area contributed by atoms with E-state index in [0.29, 0.717) is 10.9 Å². The zero-order chi connectivity index (χ0) is 13.0. The molecule has 1 fully saturated rings. The third-order valence-corrected chi connectivity index (χ3v) is 4.14. The van der Waals surface area contributed by atoms with E-state index in [1.165, 1.54) is 44.4 Å². The van der Waals surface area contributed by atoms with Gasteiger partial charge >= 0.3 is 5.97 Å². The average Bonchev–Trinajstić information content (AvgIpc) is 3.05. The van der Waals surface area contributed by atoms with Gasteiger partial charge in [0.05, 0.1) is 13.3 Å². The summed E-state index contributed by atoms with van der Waals surface area (Å²) in [5.74, 6) is -0.326. The Bertz CT molecular complexity index is 402. The Balaban J connectivity index is 1.82. The Kier molecular flexibility index (Phi) is 4.54. The molecule has 1 aliphatic heterocycles. The number of hydrogen-bond acceptors (Lipinski definition) is 6. The molecular formula is C12H19N3O2S. The molecule has 0 bridgehead atoms. The highest BCUT2D eigenvalue weighted by Crippen LogP contribution is 2.19. The lowest BCUT2D eigenvalue weighted by atomic mass is 10.3. The zero-order valence-electron chi connectivity index (χ0n) is 10.8. The van der Waals surface area contributed by atoms with E-state index in [4.69, 9.17) is 0 Å². The second-order valence-electron chi connectivity index (χ2n) is 4.49. The molecule has 18 heavy (non-hydrogen) atoms. The number of nitrogens with zero attached hydrogens (tertiary/aromatic N) is 2. The van der Waals surface area contributed by atoms with Crippen molar-refractivity contribution >= 4 is 22.4 Å². The van der Waals surface area contributed by atoms with Crippen molar-refractivity contribution in [2.24, 2.45) is 0 Å². The molecule has 2 heterocycles. The number of rotatable bonds is 5. The highest BCUT2D eigenvalue weighted by Gasteiger charge is 2.18. The maximum Gasteiger partial charge on any atom is 0.349 e. The number of esters is 1. The molecule has 0 aromatic carbocycles. The fourth-order valence-electron chi connectivity index (χ4n) is 2.10. The van der Waals surface area contributed by atoms with Crippen LogP contribution in [0.25, 0.3) is 0 Å². The van der Waals surface area contributed by atoms with E-state index in [9.17, 15) is 4.79 Å². The van der Waals surface area contributed by atoms with Crippen molar-refractivity contribution in [3.05, 3.63) is 11.1 Å². The SMILES string of the molecule is COC(=O)c1cnc(NCC(C)N2CCCC2)s1. The maximum absolute atomic E-state index is 11.3. The standard InChI is InChI=1S/C12H19N3O2S/c1-9(15-5-3-4-6-15)7-13-12-14-8-10(18-12)11(16)17-2/h8-9H,3-7H2,1-2H3,(H,13,14). The molecule has 1 unspecified atom stereocenters. The van der Waals surface area contributed by atoms with Gasteiger partial charge in [-0.15, -0.1) is 0 Å². The molecule has 5 nitrogen and oxygen atoms in total. The fourth-order valence-corrected chi connectivity index (χ4v) is 2.84. The van der Waals surface area contributed by atoms with Gasteiger partial charge in [0, 0.05) is 12.6 Å². The molecule has 1 aliphatic rings. The molecule has 1 aromatic heterocycles. The summed E-state index contributed by atoms with van der Waals surface area (Å²) in [6.45, 7) is 5.45. The summed E-state index contributed by atoms with van der Waals surface area (Å²) in [6.07, 6.45) is 4.15. The number of nitrogens with one attached hydrogen (secondary N) is 1. The van der Waals surface area contributed by atoms with Gasteiger partial charge in [0.1, 0.15) is 4.88 Å². The Hall–Kier alpha value is -1.14. The smallest absolute Gasteiger partial charge is 0.349 e. The van der Waals surface area contributed by atoms with Crippen LogP contribution in [0.2, 0.25) is 0 Å². The van der Waals surface area contributed by atoms with Gasteiger partial charge in [-0.1, -0.05) is 11.3 Å². The number of aromatic nitrogens is 1. The minimum absolute atomic E-state index is 0.326. The summed E-state index contributed by atoms with van der Waals surface area (Å²) < 4.78 is 4.65. The second kappa shape index (κ2) is 6.15. The van der Waals surface area contributed by atoms with Crippen molar-refractivity contribution in [2.75, 3.05) is 32.1 Å². The minimum atomic E-state index is -0.326. The third kappa shape index (κ3) is 3.20. The Morgan fingerprint density at radius 3 is 3.00 bits per heavy atom. The monoisotopic (exact) mass is 269 g/mol. The average molecular weight is 269 g/mol. The lowest BCUT2D eigenvalue weighted by Gasteiger charge is -2.23. The quantitative estimate of drug-likeness (QED) is 0.826. The van der Waals surface area contributed by atoms with E-state index < -0.39 is 0 Å². The topological polar surface area (TPSA) is 54.5 Å². The lowest BCUT2D eigenvalue weighted by Crippen LogP contribution is -2.35. The van der Waals surface area contributed by atoms with Crippen molar-refractivity contribution in [3.8, 4) is 0 Å². The molecule has 6 heteroatoms. The molecule has 2 rings (SSSR count). The molecule has 1 N–H and O–H groups in total. The first-order valence-corrected chi connectivity index (χ1v) is 7.04.